The Bertz CT molecular complexity index is 408. The van der Waals surface area contributed by atoms with E-state index in [1.54, 1.807) is 6.07 Å². The predicted molar refractivity (Wildman–Crippen MR) is 53.0 cm³/mol. The maximum absolute atomic E-state index is 13.6. The molecule has 5 heteroatoms. The summed E-state index contributed by atoms with van der Waals surface area (Å²) in [5.41, 5.74) is 5.43. The molecule has 0 spiro atoms. The van der Waals surface area contributed by atoms with Gasteiger partial charge >= 0.3 is 5.69 Å². The molecule has 1 fully saturated rings. The van der Waals surface area contributed by atoms with Gasteiger partial charge < -0.3 is 5.73 Å². The van der Waals surface area contributed by atoms with Gasteiger partial charge in [0.25, 0.3) is 0 Å². The number of nitrogens with two attached hydrogens (primary N) is 1. The van der Waals surface area contributed by atoms with E-state index in [0.29, 0.717) is 12.1 Å². The summed E-state index contributed by atoms with van der Waals surface area (Å²) < 4.78 is 13.6. The number of rotatable bonds is 3. The van der Waals surface area contributed by atoms with Crippen LogP contribution in [0.3, 0.4) is 0 Å². The molecule has 1 aromatic rings. The largest absolute Gasteiger partial charge is 0.330 e. The Morgan fingerprint density at radius 1 is 1.60 bits per heavy atom. The van der Waals surface area contributed by atoms with Crippen LogP contribution in [0.4, 0.5) is 10.1 Å². The molecular formula is C10H11FN2O2. The predicted octanol–water partition coefficient (Wildman–Crippen LogP) is 1.80. The van der Waals surface area contributed by atoms with Crippen molar-refractivity contribution in [3.05, 3.63) is 39.7 Å². The molecule has 2 rings (SSSR count). The first-order valence-electron chi connectivity index (χ1n) is 4.78. The smallest absolute Gasteiger partial charge is 0.305 e. The molecule has 0 amide bonds. The first kappa shape index (κ1) is 10.0. The summed E-state index contributed by atoms with van der Waals surface area (Å²) in [6, 6.07) is 4.30. The molecule has 4 nitrogen and oxygen atoms in total. The first-order valence-corrected chi connectivity index (χ1v) is 4.78. The van der Waals surface area contributed by atoms with Crippen LogP contribution in [0.15, 0.2) is 18.2 Å². The van der Waals surface area contributed by atoms with Gasteiger partial charge in [-0.15, -0.1) is 0 Å². The second-order valence-corrected chi connectivity index (χ2v) is 3.78. The molecular weight excluding hydrogens is 199 g/mol. The SMILES string of the molecule is NCC1CC1c1cccc([N+](=O)[O-])c1F. The second-order valence-electron chi connectivity index (χ2n) is 3.78. The lowest BCUT2D eigenvalue weighted by Gasteiger charge is -2.01. The Morgan fingerprint density at radius 2 is 2.33 bits per heavy atom. The Labute approximate surface area is 86.0 Å². The molecule has 1 aromatic carbocycles. The van der Waals surface area contributed by atoms with E-state index in [0.717, 1.165) is 6.42 Å². The Balaban J connectivity index is 2.33. The number of nitro groups is 1. The van der Waals surface area contributed by atoms with E-state index in [4.69, 9.17) is 5.73 Å². The van der Waals surface area contributed by atoms with Crippen LogP contribution in [0.5, 0.6) is 0 Å². The molecule has 2 atom stereocenters. The van der Waals surface area contributed by atoms with Gasteiger partial charge in [-0.3, -0.25) is 10.1 Å². The van der Waals surface area contributed by atoms with Crippen LogP contribution < -0.4 is 5.73 Å². The van der Waals surface area contributed by atoms with Crippen molar-refractivity contribution in [2.75, 3.05) is 6.54 Å². The summed E-state index contributed by atoms with van der Waals surface area (Å²) >= 11 is 0. The first-order chi connectivity index (χ1) is 7.15. The maximum Gasteiger partial charge on any atom is 0.305 e. The van der Waals surface area contributed by atoms with Crippen LogP contribution in [0.2, 0.25) is 0 Å². The summed E-state index contributed by atoms with van der Waals surface area (Å²) in [4.78, 5) is 9.81. The highest BCUT2D eigenvalue weighted by molar-refractivity contribution is 5.40. The van der Waals surface area contributed by atoms with Crippen molar-refractivity contribution >= 4 is 5.69 Å². The minimum absolute atomic E-state index is 0.0647. The van der Waals surface area contributed by atoms with Crippen molar-refractivity contribution in [3.8, 4) is 0 Å². The molecule has 0 heterocycles. The highest BCUT2D eigenvalue weighted by Crippen LogP contribution is 2.48. The van der Waals surface area contributed by atoms with Gasteiger partial charge in [0.1, 0.15) is 0 Å². The zero-order valence-electron chi connectivity index (χ0n) is 8.02. The molecule has 2 unspecified atom stereocenters. The van der Waals surface area contributed by atoms with Gasteiger partial charge in [-0.05, 0) is 30.4 Å². The van der Waals surface area contributed by atoms with Crippen LogP contribution in [0.25, 0.3) is 0 Å². The Morgan fingerprint density at radius 3 is 2.87 bits per heavy atom. The molecule has 0 saturated heterocycles. The monoisotopic (exact) mass is 210 g/mol. The third-order valence-corrected chi connectivity index (χ3v) is 2.83. The van der Waals surface area contributed by atoms with Gasteiger partial charge in [-0.25, -0.2) is 0 Å². The van der Waals surface area contributed by atoms with Crippen LogP contribution in [0.1, 0.15) is 17.9 Å². The molecule has 0 aromatic heterocycles. The molecule has 2 N–H and O–H groups in total. The van der Waals surface area contributed by atoms with Crippen LogP contribution >= 0.6 is 0 Å². The molecule has 15 heavy (non-hydrogen) atoms. The van der Waals surface area contributed by atoms with Gasteiger partial charge in [0.05, 0.1) is 4.92 Å². The maximum atomic E-state index is 13.6. The van der Waals surface area contributed by atoms with Crippen LogP contribution in [0, 0.1) is 21.8 Å². The lowest BCUT2D eigenvalue weighted by atomic mass is 10.1. The fourth-order valence-corrected chi connectivity index (χ4v) is 1.85. The van der Waals surface area contributed by atoms with Crippen molar-refractivity contribution in [1.82, 2.24) is 0 Å². The summed E-state index contributed by atoms with van der Waals surface area (Å²) in [5, 5.41) is 10.5. The quantitative estimate of drug-likeness (QED) is 0.610. The second kappa shape index (κ2) is 3.58. The number of hydrogen-bond donors (Lipinski definition) is 1. The van der Waals surface area contributed by atoms with Gasteiger partial charge in [-0.2, -0.15) is 4.39 Å². The fraction of sp³-hybridized carbons (Fsp3) is 0.400. The minimum atomic E-state index is -0.705. The van der Waals surface area contributed by atoms with Gasteiger partial charge in [0, 0.05) is 6.07 Å². The van der Waals surface area contributed by atoms with Crippen LogP contribution in [-0.2, 0) is 0 Å². The van der Waals surface area contributed by atoms with E-state index in [2.05, 4.69) is 0 Å². The average Bonchev–Trinajstić information content (AvgIpc) is 2.96. The molecule has 1 saturated carbocycles. The third kappa shape index (κ3) is 1.70. The minimum Gasteiger partial charge on any atom is -0.330 e. The van der Waals surface area contributed by atoms with Crippen molar-refractivity contribution in [3.63, 3.8) is 0 Å². The zero-order chi connectivity index (χ0) is 11.0. The van der Waals surface area contributed by atoms with E-state index in [-0.39, 0.29) is 11.8 Å². The Hall–Kier alpha value is -1.49. The van der Waals surface area contributed by atoms with Gasteiger partial charge in [0.2, 0.25) is 5.82 Å². The van der Waals surface area contributed by atoms with E-state index in [9.17, 15) is 14.5 Å². The van der Waals surface area contributed by atoms with Crippen molar-refractivity contribution in [2.45, 2.75) is 12.3 Å². The summed E-state index contributed by atoms with van der Waals surface area (Å²) in [6.45, 7) is 0.507. The lowest BCUT2D eigenvalue weighted by molar-refractivity contribution is -0.387. The number of nitrogens with zero attached hydrogens (tertiary/aromatic N) is 1. The Kier molecular flexibility index (Phi) is 2.40. The number of nitro benzene ring substituents is 1. The zero-order valence-corrected chi connectivity index (χ0v) is 8.02. The highest BCUT2D eigenvalue weighted by Gasteiger charge is 2.40. The molecule has 1 aliphatic rings. The standard InChI is InChI=1S/C10H11FN2O2/c11-10-7(8-4-6(8)5-12)2-1-3-9(10)13(14)15/h1-3,6,8H,4-5,12H2. The van der Waals surface area contributed by atoms with Crippen molar-refractivity contribution in [1.29, 1.82) is 0 Å². The molecule has 80 valence electrons. The topological polar surface area (TPSA) is 69.2 Å². The summed E-state index contributed by atoms with van der Waals surface area (Å²) in [7, 11) is 0. The van der Waals surface area contributed by atoms with Crippen molar-refractivity contribution in [2.24, 2.45) is 11.7 Å². The van der Waals surface area contributed by atoms with E-state index in [1.807, 2.05) is 0 Å². The fourth-order valence-electron chi connectivity index (χ4n) is 1.85. The van der Waals surface area contributed by atoms with E-state index < -0.39 is 16.4 Å². The van der Waals surface area contributed by atoms with E-state index in [1.165, 1.54) is 12.1 Å². The number of benzene rings is 1. The molecule has 0 bridgehead atoms. The normalized spacial score (nSPS) is 23.9. The third-order valence-electron chi connectivity index (χ3n) is 2.83. The highest BCUT2D eigenvalue weighted by atomic mass is 19.1. The molecule has 0 aliphatic heterocycles. The lowest BCUT2D eigenvalue weighted by Crippen LogP contribution is -2.03. The number of hydrogen-bond acceptors (Lipinski definition) is 3. The summed E-state index contributed by atoms with van der Waals surface area (Å²) in [5.74, 6) is -0.361. The van der Waals surface area contributed by atoms with Gasteiger partial charge in [-0.1, -0.05) is 12.1 Å². The van der Waals surface area contributed by atoms with E-state index >= 15 is 0 Å². The van der Waals surface area contributed by atoms with Crippen molar-refractivity contribution < 1.29 is 9.31 Å². The van der Waals surface area contributed by atoms with Gasteiger partial charge in [0.15, 0.2) is 0 Å². The number of halogens is 1. The van der Waals surface area contributed by atoms with Crippen LogP contribution in [-0.4, -0.2) is 11.5 Å². The average molecular weight is 210 g/mol. The molecule has 0 radical (unpaired) electrons. The molecule has 1 aliphatic carbocycles. The summed E-state index contributed by atoms with van der Waals surface area (Å²) in [6.07, 6.45) is 0.828.